The van der Waals surface area contributed by atoms with Gasteiger partial charge in [-0.25, -0.2) is 0 Å². The summed E-state index contributed by atoms with van der Waals surface area (Å²) in [6.07, 6.45) is 2.46. The summed E-state index contributed by atoms with van der Waals surface area (Å²) in [7, 11) is -8.99. The maximum absolute atomic E-state index is 6.67. The SMILES string of the molecule is C=C.COCCCCOC[Si](C)(O[Si](C)(C)O[Si](C)(C)C)O[Si](C)(C)O[Si](C)(C)C. The van der Waals surface area contributed by atoms with Crippen molar-refractivity contribution < 1.29 is 25.9 Å². The highest BCUT2D eigenvalue weighted by molar-refractivity contribution is 6.90. The van der Waals surface area contributed by atoms with Gasteiger partial charge in [0.25, 0.3) is 0 Å². The summed E-state index contributed by atoms with van der Waals surface area (Å²) in [5.41, 5.74) is 0. The zero-order chi connectivity index (χ0) is 24.3. The van der Waals surface area contributed by atoms with Gasteiger partial charge in [0.05, 0.1) is 6.23 Å². The summed E-state index contributed by atoms with van der Waals surface area (Å²) in [4.78, 5) is 0. The maximum Gasteiger partial charge on any atom is 0.344 e. The van der Waals surface area contributed by atoms with E-state index < -0.39 is 42.3 Å². The number of unbranched alkanes of at least 4 members (excludes halogenated alkanes) is 1. The highest BCUT2D eigenvalue weighted by Crippen LogP contribution is 2.26. The van der Waals surface area contributed by atoms with Gasteiger partial charge in [0.15, 0.2) is 16.6 Å². The van der Waals surface area contributed by atoms with Gasteiger partial charge >= 0.3 is 25.7 Å². The molecule has 0 aliphatic rings. The Hall–Kier alpha value is 0.584. The molecule has 0 N–H and O–H groups in total. The Kier molecular flexibility index (Phi) is 15.3. The van der Waals surface area contributed by atoms with Gasteiger partial charge in [0, 0.05) is 20.3 Å². The standard InChI is InChI=1S/C17H46O6Si5.C2H4/c1-18-15-13-14-16-19-17-28(12,22-26(8,9)20-24(2,3)4)23-27(10,11)21-25(5,6)7;1-2/h13-17H2,1-12H3;1-2H2. The van der Waals surface area contributed by atoms with E-state index in [-0.39, 0.29) is 0 Å². The third kappa shape index (κ3) is 19.3. The molecule has 0 aliphatic carbocycles. The summed E-state index contributed by atoms with van der Waals surface area (Å²) >= 11 is 0. The Bertz CT molecular complexity index is 433. The molecule has 0 aromatic carbocycles. The van der Waals surface area contributed by atoms with Crippen LogP contribution in [0, 0.1) is 0 Å². The molecule has 182 valence electrons. The molecule has 0 saturated carbocycles. The number of hydrogen-bond acceptors (Lipinski definition) is 6. The monoisotopic (exact) mass is 514 g/mol. The van der Waals surface area contributed by atoms with Gasteiger partial charge in [-0.15, -0.1) is 13.2 Å². The summed E-state index contributed by atoms with van der Waals surface area (Å²) in [5.74, 6) is 0. The van der Waals surface area contributed by atoms with Crippen LogP contribution >= 0.6 is 0 Å². The minimum Gasteiger partial charge on any atom is -0.437 e. The average Bonchev–Trinajstić information content (AvgIpc) is 2.46. The maximum atomic E-state index is 6.67. The molecule has 0 unspecified atom stereocenters. The van der Waals surface area contributed by atoms with Gasteiger partial charge in [-0.05, 0) is 84.9 Å². The second-order valence-electron chi connectivity index (χ2n) is 10.3. The molecule has 0 aromatic rings. The van der Waals surface area contributed by atoms with Gasteiger partial charge in [-0.1, -0.05) is 0 Å². The lowest BCUT2D eigenvalue weighted by Gasteiger charge is -2.42. The molecule has 0 heterocycles. The molecule has 0 spiro atoms. The lowest BCUT2D eigenvalue weighted by atomic mass is 10.3. The fourth-order valence-electron chi connectivity index (χ4n) is 3.34. The third-order valence-corrected chi connectivity index (χ3v) is 20.2. The third-order valence-electron chi connectivity index (χ3n) is 3.28. The highest BCUT2D eigenvalue weighted by atomic mass is 28.5. The first-order valence-electron chi connectivity index (χ1n) is 10.8. The van der Waals surface area contributed by atoms with Crippen molar-refractivity contribution >= 4 is 42.3 Å². The van der Waals surface area contributed by atoms with Crippen LogP contribution in [0.5, 0.6) is 0 Å². The normalized spacial score (nSPS) is 13.7. The molecule has 0 aliphatic heterocycles. The summed E-state index contributed by atoms with van der Waals surface area (Å²) in [6, 6.07) is 0. The van der Waals surface area contributed by atoms with Gasteiger partial charge < -0.3 is 25.9 Å². The van der Waals surface area contributed by atoms with Crippen LogP contribution in [0.15, 0.2) is 13.2 Å². The van der Waals surface area contributed by atoms with Crippen LogP contribution in [0.1, 0.15) is 12.8 Å². The van der Waals surface area contributed by atoms with Crippen LogP contribution in [0.4, 0.5) is 0 Å². The first-order valence-corrected chi connectivity index (χ1v) is 25.7. The van der Waals surface area contributed by atoms with Gasteiger partial charge in [-0.3, -0.25) is 0 Å². The van der Waals surface area contributed by atoms with Crippen LogP contribution in [0.2, 0.25) is 72.0 Å². The fourth-order valence-corrected chi connectivity index (χ4v) is 26.1. The van der Waals surface area contributed by atoms with Crippen molar-refractivity contribution in [3.8, 4) is 0 Å². The molecular formula is C19H50O6Si5. The van der Waals surface area contributed by atoms with Crippen molar-refractivity contribution in [2.24, 2.45) is 0 Å². The van der Waals surface area contributed by atoms with Crippen LogP contribution in [-0.4, -0.2) is 68.9 Å². The van der Waals surface area contributed by atoms with Crippen molar-refractivity contribution in [1.29, 1.82) is 0 Å². The Morgan fingerprint density at radius 1 is 0.567 bits per heavy atom. The van der Waals surface area contributed by atoms with Crippen molar-refractivity contribution in [3.63, 3.8) is 0 Å². The summed E-state index contributed by atoms with van der Waals surface area (Å²) in [6.45, 7) is 31.2. The van der Waals surface area contributed by atoms with E-state index >= 15 is 0 Å². The van der Waals surface area contributed by atoms with Crippen LogP contribution in [0.3, 0.4) is 0 Å². The van der Waals surface area contributed by atoms with E-state index in [1.165, 1.54) is 0 Å². The topological polar surface area (TPSA) is 55.4 Å². The van der Waals surface area contributed by atoms with Crippen LogP contribution < -0.4 is 0 Å². The zero-order valence-electron chi connectivity index (χ0n) is 21.9. The van der Waals surface area contributed by atoms with Crippen molar-refractivity contribution in [3.05, 3.63) is 13.2 Å². The first-order chi connectivity index (χ1) is 13.4. The van der Waals surface area contributed by atoms with E-state index in [0.717, 1.165) is 19.4 Å². The Balaban J connectivity index is 0. The Morgan fingerprint density at radius 3 is 1.27 bits per heavy atom. The van der Waals surface area contributed by atoms with Crippen molar-refractivity contribution in [2.45, 2.75) is 84.9 Å². The van der Waals surface area contributed by atoms with E-state index in [2.05, 4.69) is 85.2 Å². The predicted octanol–water partition coefficient (Wildman–Crippen LogP) is 5.98. The average molecular weight is 515 g/mol. The highest BCUT2D eigenvalue weighted by Gasteiger charge is 2.47. The first kappa shape index (κ1) is 32.8. The van der Waals surface area contributed by atoms with E-state index in [9.17, 15) is 0 Å². The van der Waals surface area contributed by atoms with E-state index in [1.807, 2.05) is 0 Å². The molecule has 0 fully saturated rings. The molecule has 0 saturated heterocycles. The van der Waals surface area contributed by atoms with E-state index in [4.69, 9.17) is 25.9 Å². The number of ether oxygens (including phenoxy) is 2. The number of rotatable bonds is 15. The van der Waals surface area contributed by atoms with E-state index in [0.29, 0.717) is 12.8 Å². The second kappa shape index (κ2) is 14.0. The molecular weight excluding hydrogens is 465 g/mol. The second-order valence-corrected chi connectivity index (χ2v) is 30.2. The molecule has 0 rings (SSSR count). The molecule has 30 heavy (non-hydrogen) atoms. The lowest BCUT2D eigenvalue weighted by Crippen LogP contribution is -2.61. The number of hydrogen-bond donors (Lipinski definition) is 0. The summed E-state index contributed by atoms with van der Waals surface area (Å²) in [5, 5.41) is 0. The molecule has 0 bridgehead atoms. The largest absolute Gasteiger partial charge is 0.437 e. The fraction of sp³-hybridized carbons (Fsp3) is 0.895. The molecule has 0 amide bonds. The molecule has 11 heteroatoms. The van der Waals surface area contributed by atoms with Crippen LogP contribution in [0.25, 0.3) is 0 Å². The minimum atomic E-state index is -2.62. The minimum absolute atomic E-state index is 0.497. The molecule has 0 atom stereocenters. The van der Waals surface area contributed by atoms with Crippen molar-refractivity contribution in [1.82, 2.24) is 0 Å². The Labute approximate surface area is 192 Å². The molecule has 0 aromatic heterocycles. The predicted molar refractivity (Wildman–Crippen MR) is 141 cm³/mol. The number of methoxy groups -OCH3 is 1. The van der Waals surface area contributed by atoms with Gasteiger partial charge in [0.1, 0.15) is 0 Å². The van der Waals surface area contributed by atoms with Gasteiger partial charge in [0.2, 0.25) is 0 Å². The zero-order valence-corrected chi connectivity index (χ0v) is 26.9. The van der Waals surface area contributed by atoms with Crippen molar-refractivity contribution in [2.75, 3.05) is 26.6 Å². The van der Waals surface area contributed by atoms with E-state index in [1.54, 1.807) is 7.11 Å². The van der Waals surface area contributed by atoms with Crippen LogP contribution in [-0.2, 0) is 25.9 Å². The molecule has 6 nitrogen and oxygen atoms in total. The quantitative estimate of drug-likeness (QED) is 0.152. The molecule has 0 radical (unpaired) electrons. The lowest BCUT2D eigenvalue weighted by molar-refractivity contribution is 0.127. The van der Waals surface area contributed by atoms with Gasteiger partial charge in [-0.2, -0.15) is 0 Å². The smallest absolute Gasteiger partial charge is 0.344 e. The Morgan fingerprint density at radius 2 is 0.933 bits per heavy atom. The summed E-state index contributed by atoms with van der Waals surface area (Å²) < 4.78 is 37.3.